The van der Waals surface area contributed by atoms with Crippen LogP contribution in [0.1, 0.15) is 16.7 Å². The summed E-state index contributed by atoms with van der Waals surface area (Å²) >= 11 is 0. The molecule has 0 saturated carbocycles. The van der Waals surface area contributed by atoms with Crippen LogP contribution >= 0.6 is 0 Å². The van der Waals surface area contributed by atoms with Gasteiger partial charge >= 0.3 is 18.8 Å². The lowest BCUT2D eigenvalue weighted by Crippen LogP contribution is -2.36. The van der Waals surface area contributed by atoms with Crippen LogP contribution in [-0.2, 0) is 19.1 Å². The second kappa shape index (κ2) is 9.20. The second-order valence-electron chi connectivity index (χ2n) is 5.58. The van der Waals surface area contributed by atoms with Gasteiger partial charge in [-0.25, -0.2) is 4.79 Å². The molecule has 27 heavy (non-hydrogen) atoms. The highest BCUT2D eigenvalue weighted by atomic mass is 19.4. The highest BCUT2D eigenvalue weighted by Crippen LogP contribution is 2.29. The third-order valence-corrected chi connectivity index (χ3v) is 3.58. The highest BCUT2D eigenvalue weighted by molar-refractivity contribution is 5.73. The zero-order valence-electron chi connectivity index (χ0n) is 14.0. The second-order valence-corrected chi connectivity index (χ2v) is 5.58. The predicted molar refractivity (Wildman–Crippen MR) is 88.5 cm³/mol. The number of rotatable bonds is 7. The molecule has 0 heterocycles. The fourth-order valence-corrected chi connectivity index (χ4v) is 2.21. The number of urea groups is 1. The van der Waals surface area contributed by atoms with Crippen LogP contribution in [0.4, 0.5) is 26.7 Å². The molecule has 2 rings (SSSR count). The van der Waals surface area contributed by atoms with Crippen LogP contribution < -0.4 is 15.4 Å². The number of carbonyl (C=O) groups excluding carboxylic acids is 1. The van der Waals surface area contributed by atoms with Crippen molar-refractivity contribution in [3.63, 3.8) is 0 Å². The molecule has 0 spiro atoms. The molecule has 9 heteroatoms. The van der Waals surface area contributed by atoms with Crippen molar-refractivity contribution in [1.29, 1.82) is 0 Å². The van der Waals surface area contributed by atoms with E-state index in [-0.39, 0.29) is 12.3 Å². The van der Waals surface area contributed by atoms with Gasteiger partial charge in [0.25, 0.3) is 0 Å². The quantitative estimate of drug-likeness (QED) is 0.693. The Morgan fingerprint density at radius 2 is 1.52 bits per heavy atom. The zero-order chi connectivity index (χ0) is 19.9. The molecule has 0 bridgehead atoms. The van der Waals surface area contributed by atoms with Gasteiger partial charge in [0.2, 0.25) is 0 Å². The standard InChI is InChI=1S/C18H17F5N2O2/c19-16(20)27-15-7-3-12(4-8-15)9-10-24-17(26)25-11-13-1-5-14(6-2-13)18(21,22)23/h1-8,16H,9-11H2,(H2,24,25,26). The van der Waals surface area contributed by atoms with Crippen LogP contribution in [0.2, 0.25) is 0 Å². The first-order valence-electron chi connectivity index (χ1n) is 7.95. The van der Waals surface area contributed by atoms with E-state index in [2.05, 4.69) is 15.4 Å². The minimum Gasteiger partial charge on any atom is -0.435 e. The normalized spacial score (nSPS) is 11.3. The van der Waals surface area contributed by atoms with Gasteiger partial charge in [0.1, 0.15) is 5.75 Å². The minimum absolute atomic E-state index is 0.0518. The third kappa shape index (κ3) is 7.12. The van der Waals surface area contributed by atoms with Crippen LogP contribution in [0, 0.1) is 0 Å². The van der Waals surface area contributed by atoms with Crippen LogP contribution in [0.25, 0.3) is 0 Å². The van der Waals surface area contributed by atoms with Crippen molar-refractivity contribution in [2.45, 2.75) is 25.8 Å². The first kappa shape index (κ1) is 20.5. The lowest BCUT2D eigenvalue weighted by molar-refractivity contribution is -0.137. The van der Waals surface area contributed by atoms with Gasteiger partial charge in [-0.2, -0.15) is 22.0 Å². The highest BCUT2D eigenvalue weighted by Gasteiger charge is 2.29. The molecular weight excluding hydrogens is 371 g/mol. The molecule has 0 unspecified atom stereocenters. The lowest BCUT2D eigenvalue weighted by atomic mass is 10.1. The molecule has 0 aromatic heterocycles. The number of alkyl halides is 5. The molecule has 2 aromatic carbocycles. The van der Waals surface area contributed by atoms with Gasteiger partial charge in [0, 0.05) is 13.1 Å². The summed E-state index contributed by atoms with van der Waals surface area (Å²) in [5.74, 6) is 0.0518. The molecular formula is C18H17F5N2O2. The van der Waals surface area contributed by atoms with Gasteiger partial charge in [0.05, 0.1) is 5.56 Å². The van der Waals surface area contributed by atoms with Crippen molar-refractivity contribution in [2.24, 2.45) is 0 Å². The molecule has 0 aliphatic carbocycles. The molecule has 0 atom stereocenters. The number of benzene rings is 2. The number of ether oxygens (including phenoxy) is 1. The smallest absolute Gasteiger partial charge is 0.416 e. The summed E-state index contributed by atoms with van der Waals surface area (Å²) < 4.78 is 65.8. The van der Waals surface area contributed by atoms with Gasteiger partial charge in [-0.3, -0.25) is 0 Å². The fraction of sp³-hybridized carbons (Fsp3) is 0.278. The number of nitrogens with one attached hydrogen (secondary N) is 2. The Hall–Kier alpha value is -2.84. The monoisotopic (exact) mass is 388 g/mol. The molecule has 0 aliphatic heterocycles. The number of amides is 2. The number of hydrogen-bond donors (Lipinski definition) is 2. The maximum atomic E-state index is 12.5. The number of halogens is 5. The maximum Gasteiger partial charge on any atom is 0.416 e. The van der Waals surface area contributed by atoms with Crippen LogP contribution in [0.3, 0.4) is 0 Å². The fourth-order valence-electron chi connectivity index (χ4n) is 2.21. The van der Waals surface area contributed by atoms with Gasteiger partial charge in [-0.05, 0) is 41.8 Å². The summed E-state index contributed by atoms with van der Waals surface area (Å²) in [6, 6.07) is 10.1. The average molecular weight is 388 g/mol. The Bertz CT molecular complexity index is 731. The summed E-state index contributed by atoms with van der Waals surface area (Å²) in [7, 11) is 0. The van der Waals surface area contributed by atoms with E-state index in [9.17, 15) is 26.7 Å². The molecule has 2 amide bonds. The molecule has 146 valence electrons. The molecule has 2 N–H and O–H groups in total. The molecule has 0 saturated heterocycles. The van der Waals surface area contributed by atoms with E-state index < -0.39 is 24.4 Å². The average Bonchev–Trinajstić information content (AvgIpc) is 2.60. The largest absolute Gasteiger partial charge is 0.435 e. The molecule has 0 radical (unpaired) electrons. The van der Waals surface area contributed by atoms with Gasteiger partial charge in [-0.15, -0.1) is 0 Å². The molecule has 4 nitrogen and oxygen atoms in total. The van der Waals surface area contributed by atoms with Crippen LogP contribution in [0.15, 0.2) is 48.5 Å². The topological polar surface area (TPSA) is 50.4 Å². The zero-order valence-corrected chi connectivity index (χ0v) is 14.0. The Kier molecular flexibility index (Phi) is 6.98. The summed E-state index contributed by atoms with van der Waals surface area (Å²) in [5, 5.41) is 5.14. The SMILES string of the molecule is O=C(NCCc1ccc(OC(F)F)cc1)NCc1ccc(C(F)(F)F)cc1. The van der Waals surface area contributed by atoms with Crippen LogP contribution in [0.5, 0.6) is 5.75 Å². The predicted octanol–water partition coefficient (Wildman–Crippen LogP) is 4.35. The molecule has 0 fully saturated rings. The number of hydrogen-bond acceptors (Lipinski definition) is 2. The van der Waals surface area contributed by atoms with Crippen LogP contribution in [-0.4, -0.2) is 19.2 Å². The Balaban J connectivity index is 1.70. The van der Waals surface area contributed by atoms with E-state index >= 15 is 0 Å². The molecule has 2 aromatic rings. The van der Waals surface area contributed by atoms with Crippen molar-refractivity contribution >= 4 is 6.03 Å². The Morgan fingerprint density at radius 1 is 0.926 bits per heavy atom. The van der Waals surface area contributed by atoms with Crippen molar-refractivity contribution in [3.05, 3.63) is 65.2 Å². The van der Waals surface area contributed by atoms with E-state index in [0.29, 0.717) is 18.5 Å². The van der Waals surface area contributed by atoms with Gasteiger partial charge in [0.15, 0.2) is 0 Å². The van der Waals surface area contributed by atoms with E-state index in [1.807, 2.05) is 0 Å². The Labute approximate surface area is 152 Å². The van der Waals surface area contributed by atoms with E-state index in [1.54, 1.807) is 12.1 Å². The summed E-state index contributed by atoms with van der Waals surface area (Å²) in [4.78, 5) is 11.7. The first-order chi connectivity index (χ1) is 12.7. The summed E-state index contributed by atoms with van der Waals surface area (Å²) in [5.41, 5.74) is 0.605. The summed E-state index contributed by atoms with van der Waals surface area (Å²) in [6.07, 6.45) is -3.92. The van der Waals surface area contributed by atoms with E-state index in [4.69, 9.17) is 0 Å². The minimum atomic E-state index is -4.40. The number of carbonyl (C=O) groups is 1. The van der Waals surface area contributed by atoms with E-state index in [1.165, 1.54) is 24.3 Å². The van der Waals surface area contributed by atoms with Gasteiger partial charge in [-0.1, -0.05) is 24.3 Å². The van der Waals surface area contributed by atoms with Crippen molar-refractivity contribution < 1.29 is 31.5 Å². The summed E-state index contributed by atoms with van der Waals surface area (Å²) in [6.45, 7) is -2.50. The third-order valence-electron chi connectivity index (χ3n) is 3.58. The lowest BCUT2D eigenvalue weighted by Gasteiger charge is -2.10. The molecule has 0 aliphatic rings. The van der Waals surface area contributed by atoms with Gasteiger partial charge < -0.3 is 15.4 Å². The van der Waals surface area contributed by atoms with Crippen molar-refractivity contribution in [2.75, 3.05) is 6.54 Å². The maximum absolute atomic E-state index is 12.5. The van der Waals surface area contributed by atoms with Crippen molar-refractivity contribution in [3.8, 4) is 5.75 Å². The Morgan fingerprint density at radius 3 is 2.07 bits per heavy atom. The first-order valence-corrected chi connectivity index (χ1v) is 7.95. The van der Waals surface area contributed by atoms with E-state index in [0.717, 1.165) is 17.7 Å². The van der Waals surface area contributed by atoms with Crippen molar-refractivity contribution in [1.82, 2.24) is 10.6 Å².